The second kappa shape index (κ2) is 8.54. The predicted molar refractivity (Wildman–Crippen MR) is 70.9 cm³/mol. The molecule has 2 nitrogen and oxygen atoms in total. The summed E-state index contributed by atoms with van der Waals surface area (Å²) in [7, 11) is 0. The zero-order chi connectivity index (χ0) is 12.5. The lowest BCUT2D eigenvalue weighted by Gasteiger charge is -2.20. The van der Waals surface area contributed by atoms with Crippen molar-refractivity contribution in [2.75, 3.05) is 0 Å². The van der Waals surface area contributed by atoms with Crippen molar-refractivity contribution in [3.8, 4) is 0 Å². The zero-order valence-electron chi connectivity index (χ0n) is 11.5. The molecule has 0 aromatic heterocycles. The van der Waals surface area contributed by atoms with E-state index in [4.69, 9.17) is 4.74 Å². The Morgan fingerprint density at radius 1 is 0.882 bits per heavy atom. The van der Waals surface area contributed by atoms with Gasteiger partial charge in [-0.15, -0.1) is 0 Å². The lowest BCUT2D eigenvalue weighted by Crippen LogP contribution is -2.22. The Bertz CT molecular complexity index is 213. The van der Waals surface area contributed by atoms with E-state index >= 15 is 0 Å². The fourth-order valence-electron chi connectivity index (χ4n) is 2.41. The van der Waals surface area contributed by atoms with Crippen LogP contribution in [0.5, 0.6) is 0 Å². The SMILES string of the molecule is CC1CCCCCCCCCCC(=O)O[C@H]1C. The van der Waals surface area contributed by atoms with Crippen LogP contribution in [0.1, 0.15) is 78.1 Å². The molecule has 0 radical (unpaired) electrons. The van der Waals surface area contributed by atoms with Crippen molar-refractivity contribution in [3.63, 3.8) is 0 Å². The molecule has 2 heteroatoms. The van der Waals surface area contributed by atoms with Crippen molar-refractivity contribution >= 4 is 5.97 Å². The largest absolute Gasteiger partial charge is 0.462 e. The van der Waals surface area contributed by atoms with E-state index in [1.807, 2.05) is 6.92 Å². The lowest BCUT2D eigenvalue weighted by atomic mass is 9.97. The van der Waals surface area contributed by atoms with Gasteiger partial charge in [0, 0.05) is 6.42 Å². The van der Waals surface area contributed by atoms with Crippen LogP contribution in [-0.4, -0.2) is 12.1 Å². The van der Waals surface area contributed by atoms with Crippen molar-refractivity contribution in [1.29, 1.82) is 0 Å². The molecule has 0 aliphatic carbocycles. The van der Waals surface area contributed by atoms with Gasteiger partial charge >= 0.3 is 5.97 Å². The quantitative estimate of drug-likeness (QED) is 0.584. The molecule has 1 fully saturated rings. The summed E-state index contributed by atoms with van der Waals surface area (Å²) in [5.41, 5.74) is 0. The normalized spacial score (nSPS) is 30.4. The fourth-order valence-corrected chi connectivity index (χ4v) is 2.41. The molecule has 0 bridgehead atoms. The molecule has 0 N–H and O–H groups in total. The number of carbonyl (C=O) groups is 1. The van der Waals surface area contributed by atoms with Crippen molar-refractivity contribution < 1.29 is 9.53 Å². The van der Waals surface area contributed by atoms with Crippen LogP contribution in [0.3, 0.4) is 0 Å². The molecule has 0 aromatic carbocycles. The maximum atomic E-state index is 11.6. The Kier molecular flexibility index (Phi) is 7.30. The number of hydrogen-bond donors (Lipinski definition) is 0. The first kappa shape index (κ1) is 14.5. The summed E-state index contributed by atoms with van der Waals surface area (Å²) in [4.78, 5) is 11.6. The first-order valence-electron chi connectivity index (χ1n) is 7.39. The third-order valence-electron chi connectivity index (χ3n) is 3.91. The maximum Gasteiger partial charge on any atom is 0.306 e. The summed E-state index contributed by atoms with van der Waals surface area (Å²) >= 11 is 0. The highest BCUT2D eigenvalue weighted by Gasteiger charge is 2.16. The molecule has 0 amide bonds. The summed E-state index contributed by atoms with van der Waals surface area (Å²) in [6.07, 6.45) is 12.0. The molecule has 100 valence electrons. The van der Waals surface area contributed by atoms with Gasteiger partial charge in [-0.25, -0.2) is 0 Å². The Balaban J connectivity index is 2.35. The molecule has 1 aliphatic heterocycles. The molecule has 1 rings (SSSR count). The number of esters is 1. The Morgan fingerprint density at radius 3 is 2.06 bits per heavy atom. The Labute approximate surface area is 106 Å². The van der Waals surface area contributed by atoms with Gasteiger partial charge in [0.25, 0.3) is 0 Å². The summed E-state index contributed by atoms with van der Waals surface area (Å²) < 4.78 is 5.47. The van der Waals surface area contributed by atoms with E-state index < -0.39 is 0 Å². The number of cyclic esters (lactones) is 1. The van der Waals surface area contributed by atoms with Gasteiger partial charge in [-0.1, -0.05) is 51.9 Å². The van der Waals surface area contributed by atoms with Crippen molar-refractivity contribution in [1.82, 2.24) is 0 Å². The second-order valence-electron chi connectivity index (χ2n) is 5.54. The van der Waals surface area contributed by atoms with Crippen LogP contribution >= 0.6 is 0 Å². The van der Waals surface area contributed by atoms with E-state index in [0.29, 0.717) is 12.3 Å². The second-order valence-corrected chi connectivity index (χ2v) is 5.54. The van der Waals surface area contributed by atoms with Gasteiger partial charge < -0.3 is 4.74 Å². The number of hydrogen-bond acceptors (Lipinski definition) is 2. The average Bonchev–Trinajstić information content (AvgIpc) is 2.30. The van der Waals surface area contributed by atoms with Crippen LogP contribution in [-0.2, 0) is 9.53 Å². The van der Waals surface area contributed by atoms with Gasteiger partial charge in [-0.2, -0.15) is 0 Å². The molecule has 0 saturated carbocycles. The Hall–Kier alpha value is -0.530. The van der Waals surface area contributed by atoms with Gasteiger partial charge in [0.1, 0.15) is 6.10 Å². The summed E-state index contributed by atoms with van der Waals surface area (Å²) in [6, 6.07) is 0. The monoisotopic (exact) mass is 240 g/mol. The van der Waals surface area contributed by atoms with Gasteiger partial charge in [-0.05, 0) is 25.7 Å². The molecule has 1 aliphatic rings. The Morgan fingerprint density at radius 2 is 1.41 bits per heavy atom. The van der Waals surface area contributed by atoms with Gasteiger partial charge in [0.2, 0.25) is 0 Å². The van der Waals surface area contributed by atoms with E-state index in [0.717, 1.165) is 6.42 Å². The smallest absolute Gasteiger partial charge is 0.306 e. The first-order valence-corrected chi connectivity index (χ1v) is 7.39. The highest BCUT2D eigenvalue weighted by molar-refractivity contribution is 5.69. The fraction of sp³-hybridized carbons (Fsp3) is 0.933. The van der Waals surface area contributed by atoms with Gasteiger partial charge in [0.15, 0.2) is 0 Å². The van der Waals surface area contributed by atoms with Crippen LogP contribution in [0.4, 0.5) is 0 Å². The minimum atomic E-state index is 0.00131. The summed E-state index contributed by atoms with van der Waals surface area (Å²) in [6.45, 7) is 4.23. The lowest BCUT2D eigenvalue weighted by molar-refractivity contribution is -0.150. The topological polar surface area (TPSA) is 26.3 Å². The van der Waals surface area contributed by atoms with Crippen LogP contribution in [0.25, 0.3) is 0 Å². The summed E-state index contributed by atoms with van der Waals surface area (Å²) in [5.74, 6) is 0.503. The van der Waals surface area contributed by atoms with Gasteiger partial charge in [0.05, 0.1) is 0 Å². The average molecular weight is 240 g/mol. The highest BCUT2D eigenvalue weighted by atomic mass is 16.5. The molecule has 2 atom stereocenters. The van der Waals surface area contributed by atoms with E-state index in [9.17, 15) is 4.79 Å². The molecule has 0 aromatic rings. The molecule has 0 spiro atoms. The van der Waals surface area contributed by atoms with Crippen molar-refractivity contribution in [2.45, 2.75) is 84.2 Å². The molecule has 1 unspecified atom stereocenters. The summed E-state index contributed by atoms with van der Waals surface area (Å²) in [5, 5.41) is 0. The van der Waals surface area contributed by atoms with E-state index in [-0.39, 0.29) is 12.1 Å². The third kappa shape index (κ3) is 6.70. The highest BCUT2D eigenvalue weighted by Crippen LogP contribution is 2.19. The molecule has 17 heavy (non-hydrogen) atoms. The number of carbonyl (C=O) groups excluding carboxylic acids is 1. The van der Waals surface area contributed by atoms with E-state index in [2.05, 4.69) is 6.92 Å². The van der Waals surface area contributed by atoms with Crippen LogP contribution in [0.15, 0.2) is 0 Å². The molecular weight excluding hydrogens is 212 g/mol. The van der Waals surface area contributed by atoms with Crippen LogP contribution in [0, 0.1) is 5.92 Å². The minimum absolute atomic E-state index is 0.00131. The van der Waals surface area contributed by atoms with Crippen molar-refractivity contribution in [2.24, 2.45) is 5.92 Å². The number of rotatable bonds is 0. The molecule has 1 heterocycles. The maximum absolute atomic E-state index is 11.6. The van der Waals surface area contributed by atoms with E-state index in [1.54, 1.807) is 0 Å². The third-order valence-corrected chi connectivity index (χ3v) is 3.91. The first-order chi connectivity index (χ1) is 8.20. The molecular formula is C15H28O2. The van der Waals surface area contributed by atoms with Crippen LogP contribution < -0.4 is 0 Å². The standard InChI is InChI=1S/C15H28O2/c1-13-11-9-7-5-3-4-6-8-10-12-15(16)17-14(13)2/h13-14H,3-12H2,1-2H3/t13?,14-/m0/s1. The van der Waals surface area contributed by atoms with Gasteiger partial charge in [-0.3, -0.25) is 4.79 Å². The number of ether oxygens (including phenoxy) is 1. The van der Waals surface area contributed by atoms with E-state index in [1.165, 1.54) is 51.4 Å². The van der Waals surface area contributed by atoms with Crippen molar-refractivity contribution in [3.05, 3.63) is 0 Å². The predicted octanol–water partition coefficient (Wildman–Crippen LogP) is 4.47. The molecule has 1 saturated heterocycles. The zero-order valence-corrected chi connectivity index (χ0v) is 11.5. The van der Waals surface area contributed by atoms with Crippen LogP contribution in [0.2, 0.25) is 0 Å². The minimum Gasteiger partial charge on any atom is -0.462 e.